The van der Waals surface area contributed by atoms with Crippen LogP contribution in [0.4, 0.5) is 0 Å². The van der Waals surface area contributed by atoms with E-state index >= 15 is 0 Å². The highest BCUT2D eigenvalue weighted by Gasteiger charge is 2.30. The van der Waals surface area contributed by atoms with Gasteiger partial charge in [0, 0.05) is 24.0 Å². The highest BCUT2D eigenvalue weighted by Crippen LogP contribution is 2.21. The van der Waals surface area contributed by atoms with Crippen molar-refractivity contribution in [1.29, 1.82) is 0 Å². The number of hydrogen-bond donors (Lipinski definition) is 0. The Hall–Kier alpha value is -1.92. The molecule has 0 spiro atoms. The average Bonchev–Trinajstić information content (AvgIpc) is 2.97. The van der Waals surface area contributed by atoms with Gasteiger partial charge in [-0.2, -0.15) is 0 Å². The number of amides is 1. The molecule has 1 aliphatic rings. The van der Waals surface area contributed by atoms with Gasteiger partial charge in [0.25, 0.3) is 5.91 Å². The molecule has 0 unspecified atom stereocenters. The van der Waals surface area contributed by atoms with Crippen LogP contribution >= 0.6 is 11.3 Å². The fourth-order valence-corrected chi connectivity index (χ4v) is 3.32. The van der Waals surface area contributed by atoms with Crippen LogP contribution < -0.4 is 4.74 Å². The third kappa shape index (κ3) is 4.13. The molecule has 0 bridgehead atoms. The lowest BCUT2D eigenvalue weighted by Crippen LogP contribution is -2.50. The van der Waals surface area contributed by atoms with Crippen molar-refractivity contribution in [2.75, 3.05) is 19.7 Å². The number of nitrogens with zero attached hydrogens (tertiary/aromatic N) is 2. The van der Waals surface area contributed by atoms with E-state index in [1.165, 1.54) is 0 Å². The zero-order valence-corrected chi connectivity index (χ0v) is 15.1. The van der Waals surface area contributed by atoms with Crippen LogP contribution in [0.3, 0.4) is 0 Å². The number of morpholine rings is 1. The molecule has 1 fully saturated rings. The second-order valence-electron chi connectivity index (χ2n) is 6.51. The van der Waals surface area contributed by atoms with E-state index in [-0.39, 0.29) is 11.5 Å². The van der Waals surface area contributed by atoms with Gasteiger partial charge in [0.15, 0.2) is 0 Å². The number of ether oxygens (including phenoxy) is 2. The van der Waals surface area contributed by atoms with Crippen LogP contribution in [0, 0.1) is 6.92 Å². The standard InChI is InChI=1S/C18H22N2O3S/c1-13-19-15(11-24-13)10-22-16-6-4-5-14(9-16)17(21)20-7-8-23-18(2,3)12-20/h4-6,9,11H,7-8,10,12H2,1-3H3. The van der Waals surface area contributed by atoms with Crippen molar-refractivity contribution < 1.29 is 14.3 Å². The SMILES string of the molecule is Cc1nc(COc2cccc(C(=O)N3CCOC(C)(C)C3)c2)cs1. The highest BCUT2D eigenvalue weighted by atomic mass is 32.1. The maximum absolute atomic E-state index is 12.7. The topological polar surface area (TPSA) is 51.7 Å². The summed E-state index contributed by atoms with van der Waals surface area (Å²) < 4.78 is 11.4. The molecular weight excluding hydrogens is 324 g/mol. The fourth-order valence-electron chi connectivity index (χ4n) is 2.72. The van der Waals surface area contributed by atoms with E-state index in [9.17, 15) is 4.79 Å². The summed E-state index contributed by atoms with van der Waals surface area (Å²) in [5.41, 5.74) is 1.24. The summed E-state index contributed by atoms with van der Waals surface area (Å²) in [5.74, 6) is 0.695. The van der Waals surface area contributed by atoms with Gasteiger partial charge < -0.3 is 14.4 Å². The minimum atomic E-state index is -0.301. The molecule has 1 aliphatic heterocycles. The Bertz CT molecular complexity index is 727. The first-order valence-corrected chi connectivity index (χ1v) is 8.88. The van der Waals surface area contributed by atoms with E-state index in [1.54, 1.807) is 17.4 Å². The molecule has 24 heavy (non-hydrogen) atoms. The third-order valence-electron chi connectivity index (χ3n) is 3.85. The first-order valence-electron chi connectivity index (χ1n) is 8.00. The van der Waals surface area contributed by atoms with Crippen molar-refractivity contribution in [1.82, 2.24) is 9.88 Å². The molecule has 3 rings (SSSR count). The molecule has 6 heteroatoms. The Kier molecular flexibility index (Phi) is 4.87. The predicted octanol–water partition coefficient (Wildman–Crippen LogP) is 3.28. The Morgan fingerprint density at radius 1 is 1.46 bits per heavy atom. The lowest BCUT2D eigenvalue weighted by atomic mass is 10.1. The summed E-state index contributed by atoms with van der Waals surface area (Å²) in [7, 11) is 0. The molecule has 2 heterocycles. The van der Waals surface area contributed by atoms with E-state index in [2.05, 4.69) is 4.98 Å². The van der Waals surface area contributed by atoms with Crippen LogP contribution in [0.15, 0.2) is 29.6 Å². The monoisotopic (exact) mass is 346 g/mol. The number of carbonyl (C=O) groups is 1. The van der Waals surface area contributed by atoms with E-state index in [1.807, 2.05) is 49.3 Å². The molecule has 1 aromatic heterocycles. The predicted molar refractivity (Wildman–Crippen MR) is 93.6 cm³/mol. The van der Waals surface area contributed by atoms with Gasteiger partial charge in [0.1, 0.15) is 12.4 Å². The van der Waals surface area contributed by atoms with Gasteiger partial charge in [-0.05, 0) is 39.0 Å². The molecule has 0 radical (unpaired) electrons. The van der Waals surface area contributed by atoms with Gasteiger partial charge >= 0.3 is 0 Å². The molecular formula is C18H22N2O3S. The number of thiazole rings is 1. The highest BCUT2D eigenvalue weighted by molar-refractivity contribution is 7.09. The van der Waals surface area contributed by atoms with Crippen LogP contribution in [0.25, 0.3) is 0 Å². The summed E-state index contributed by atoms with van der Waals surface area (Å²) in [6, 6.07) is 7.33. The van der Waals surface area contributed by atoms with Gasteiger partial charge in [0.05, 0.1) is 22.9 Å². The number of aromatic nitrogens is 1. The quantitative estimate of drug-likeness (QED) is 0.852. The minimum Gasteiger partial charge on any atom is -0.487 e. The molecule has 5 nitrogen and oxygen atoms in total. The zero-order chi connectivity index (χ0) is 17.2. The van der Waals surface area contributed by atoms with Gasteiger partial charge in [-0.1, -0.05) is 6.07 Å². The first-order chi connectivity index (χ1) is 11.4. The van der Waals surface area contributed by atoms with Gasteiger partial charge in [-0.25, -0.2) is 4.98 Å². The second kappa shape index (κ2) is 6.91. The van der Waals surface area contributed by atoms with Crippen molar-refractivity contribution in [3.05, 3.63) is 45.9 Å². The smallest absolute Gasteiger partial charge is 0.254 e. The fraction of sp³-hybridized carbons (Fsp3) is 0.444. The van der Waals surface area contributed by atoms with E-state index in [4.69, 9.17) is 9.47 Å². The molecule has 1 aromatic carbocycles. The Labute approximate surface area is 146 Å². The Morgan fingerprint density at radius 3 is 3.00 bits per heavy atom. The minimum absolute atomic E-state index is 0.0151. The van der Waals surface area contributed by atoms with Crippen molar-refractivity contribution in [2.24, 2.45) is 0 Å². The summed E-state index contributed by atoms with van der Waals surface area (Å²) >= 11 is 1.60. The number of benzene rings is 1. The molecule has 0 N–H and O–H groups in total. The maximum Gasteiger partial charge on any atom is 0.254 e. The van der Waals surface area contributed by atoms with Crippen molar-refractivity contribution in [3.8, 4) is 5.75 Å². The maximum atomic E-state index is 12.7. The van der Waals surface area contributed by atoms with Gasteiger partial charge in [-0.3, -0.25) is 4.79 Å². The molecule has 0 aliphatic carbocycles. The van der Waals surface area contributed by atoms with Gasteiger partial charge in [-0.15, -0.1) is 11.3 Å². The van der Waals surface area contributed by atoms with Crippen LogP contribution in [0.2, 0.25) is 0 Å². The van der Waals surface area contributed by atoms with E-state index in [0.29, 0.717) is 37.6 Å². The molecule has 1 amide bonds. The van der Waals surface area contributed by atoms with Crippen molar-refractivity contribution in [3.63, 3.8) is 0 Å². The number of rotatable bonds is 4. The lowest BCUT2D eigenvalue weighted by Gasteiger charge is -2.38. The van der Waals surface area contributed by atoms with Crippen LogP contribution in [-0.2, 0) is 11.3 Å². The number of aryl methyl sites for hydroxylation is 1. The average molecular weight is 346 g/mol. The van der Waals surface area contributed by atoms with Crippen LogP contribution in [0.1, 0.15) is 34.9 Å². The van der Waals surface area contributed by atoms with Gasteiger partial charge in [0.2, 0.25) is 0 Å². The van der Waals surface area contributed by atoms with Crippen LogP contribution in [0.5, 0.6) is 5.75 Å². The largest absolute Gasteiger partial charge is 0.487 e. The molecule has 128 valence electrons. The summed E-state index contributed by atoms with van der Waals surface area (Å²) in [6.45, 7) is 8.16. The lowest BCUT2D eigenvalue weighted by molar-refractivity contribution is -0.0764. The normalized spacial score (nSPS) is 16.9. The first kappa shape index (κ1) is 16.9. The van der Waals surface area contributed by atoms with Crippen molar-refractivity contribution in [2.45, 2.75) is 33.0 Å². The molecule has 0 atom stereocenters. The zero-order valence-electron chi connectivity index (χ0n) is 14.2. The van der Waals surface area contributed by atoms with E-state index < -0.39 is 0 Å². The number of hydrogen-bond acceptors (Lipinski definition) is 5. The number of carbonyl (C=O) groups excluding carboxylic acids is 1. The van der Waals surface area contributed by atoms with E-state index in [0.717, 1.165) is 10.7 Å². The second-order valence-corrected chi connectivity index (χ2v) is 7.57. The Morgan fingerprint density at radius 2 is 2.29 bits per heavy atom. The molecule has 2 aromatic rings. The molecule has 1 saturated heterocycles. The summed E-state index contributed by atoms with van der Waals surface area (Å²) in [4.78, 5) is 18.9. The van der Waals surface area contributed by atoms with Crippen LogP contribution in [-0.4, -0.2) is 41.1 Å². The van der Waals surface area contributed by atoms with Crippen molar-refractivity contribution >= 4 is 17.2 Å². The summed E-state index contributed by atoms with van der Waals surface area (Å²) in [6.07, 6.45) is 0. The summed E-state index contributed by atoms with van der Waals surface area (Å²) in [5, 5.41) is 3.01. The molecule has 0 saturated carbocycles. The third-order valence-corrected chi connectivity index (χ3v) is 4.67. The Balaban J connectivity index is 1.67.